The van der Waals surface area contributed by atoms with Crippen molar-refractivity contribution in [3.05, 3.63) is 41.2 Å². The fraction of sp³-hybridized carbons (Fsp3) is 0.167. The molecule has 0 radical (unpaired) electrons. The quantitative estimate of drug-likeness (QED) is 0.796. The monoisotopic (exact) mass is 222 g/mol. The van der Waals surface area contributed by atoms with Crippen LogP contribution in [-0.4, -0.2) is 16.9 Å². The largest absolute Gasteiger partial charge is 0.481 e. The van der Waals surface area contributed by atoms with E-state index in [9.17, 15) is 14.0 Å². The number of carboxylic acid groups (broad SMARTS) is 1. The van der Waals surface area contributed by atoms with Gasteiger partial charge in [0.1, 0.15) is 5.82 Å². The van der Waals surface area contributed by atoms with Gasteiger partial charge in [0.15, 0.2) is 5.78 Å². The van der Waals surface area contributed by atoms with Gasteiger partial charge in [-0.25, -0.2) is 4.39 Å². The predicted octanol–water partition coefficient (Wildman–Crippen LogP) is 2.52. The van der Waals surface area contributed by atoms with Gasteiger partial charge in [-0.2, -0.15) is 0 Å². The number of halogens is 1. The van der Waals surface area contributed by atoms with E-state index in [1.807, 2.05) is 0 Å². The Labute approximate surface area is 92.2 Å². The molecular formula is C12H11FO3. The second kappa shape index (κ2) is 5.21. The highest BCUT2D eigenvalue weighted by atomic mass is 19.1. The standard InChI is InChI=1S/C12H11FO3/c1-8(14)10-7-9(5-6-11(10)13)3-2-4-12(15)16/h2-3,5-7H,4H2,1H3,(H,15,16). The smallest absolute Gasteiger partial charge is 0.307 e. The molecule has 0 amide bonds. The van der Waals surface area contributed by atoms with Crippen LogP contribution < -0.4 is 0 Å². The lowest BCUT2D eigenvalue weighted by atomic mass is 10.1. The topological polar surface area (TPSA) is 54.4 Å². The zero-order valence-corrected chi connectivity index (χ0v) is 8.74. The molecule has 84 valence electrons. The molecule has 0 bridgehead atoms. The lowest BCUT2D eigenvalue weighted by Gasteiger charge is -2.00. The van der Waals surface area contributed by atoms with Gasteiger partial charge in [-0.1, -0.05) is 18.2 Å². The summed E-state index contributed by atoms with van der Waals surface area (Å²) < 4.78 is 13.1. The van der Waals surface area contributed by atoms with Crippen LogP contribution in [0.1, 0.15) is 29.3 Å². The number of carbonyl (C=O) groups excluding carboxylic acids is 1. The number of rotatable bonds is 4. The van der Waals surface area contributed by atoms with Gasteiger partial charge in [0, 0.05) is 0 Å². The number of hydrogen-bond acceptors (Lipinski definition) is 2. The first-order valence-corrected chi connectivity index (χ1v) is 4.69. The Balaban J connectivity index is 2.91. The van der Waals surface area contributed by atoms with Crippen LogP contribution >= 0.6 is 0 Å². The molecule has 4 heteroatoms. The number of benzene rings is 1. The van der Waals surface area contributed by atoms with E-state index >= 15 is 0 Å². The van der Waals surface area contributed by atoms with Crippen LogP contribution in [0.4, 0.5) is 4.39 Å². The molecule has 1 rings (SSSR count). The lowest BCUT2D eigenvalue weighted by Crippen LogP contribution is -1.97. The Morgan fingerprint density at radius 3 is 2.69 bits per heavy atom. The lowest BCUT2D eigenvalue weighted by molar-refractivity contribution is -0.135. The van der Waals surface area contributed by atoms with E-state index in [4.69, 9.17) is 5.11 Å². The number of hydrogen-bond donors (Lipinski definition) is 1. The molecule has 0 unspecified atom stereocenters. The number of aliphatic carboxylic acids is 1. The molecule has 3 nitrogen and oxygen atoms in total. The van der Waals surface area contributed by atoms with Crippen molar-refractivity contribution in [2.75, 3.05) is 0 Å². The number of carbonyl (C=O) groups is 2. The highest BCUT2D eigenvalue weighted by Crippen LogP contribution is 2.12. The molecule has 0 heterocycles. The molecule has 0 spiro atoms. The van der Waals surface area contributed by atoms with Gasteiger partial charge in [-0.15, -0.1) is 0 Å². The second-order valence-electron chi connectivity index (χ2n) is 3.30. The van der Waals surface area contributed by atoms with Crippen molar-refractivity contribution in [3.63, 3.8) is 0 Å². The van der Waals surface area contributed by atoms with E-state index in [1.165, 1.54) is 31.2 Å². The molecule has 0 atom stereocenters. The first kappa shape index (κ1) is 12.1. The third-order valence-electron chi connectivity index (χ3n) is 1.97. The predicted molar refractivity (Wildman–Crippen MR) is 57.7 cm³/mol. The van der Waals surface area contributed by atoms with Crippen LogP contribution in [0.3, 0.4) is 0 Å². The third kappa shape index (κ3) is 3.31. The molecule has 0 fully saturated rings. The SMILES string of the molecule is CC(=O)c1cc(C=CCC(=O)O)ccc1F. The molecule has 1 N–H and O–H groups in total. The minimum Gasteiger partial charge on any atom is -0.481 e. The van der Waals surface area contributed by atoms with E-state index < -0.39 is 11.8 Å². The van der Waals surface area contributed by atoms with Gasteiger partial charge in [-0.05, 0) is 24.6 Å². The average molecular weight is 222 g/mol. The number of ketones is 1. The van der Waals surface area contributed by atoms with Crippen molar-refractivity contribution in [2.45, 2.75) is 13.3 Å². The van der Waals surface area contributed by atoms with Crippen molar-refractivity contribution in [1.29, 1.82) is 0 Å². The highest BCUT2D eigenvalue weighted by molar-refractivity contribution is 5.94. The summed E-state index contributed by atoms with van der Waals surface area (Å²) in [5.41, 5.74) is 0.616. The van der Waals surface area contributed by atoms with Gasteiger partial charge >= 0.3 is 5.97 Å². The van der Waals surface area contributed by atoms with Gasteiger partial charge in [-0.3, -0.25) is 9.59 Å². The summed E-state index contributed by atoms with van der Waals surface area (Å²) in [6.07, 6.45) is 2.88. The number of Topliss-reactive ketones (excluding diaryl/α,β-unsaturated/α-hetero) is 1. The van der Waals surface area contributed by atoms with Crippen LogP contribution in [0.2, 0.25) is 0 Å². The first-order chi connectivity index (χ1) is 7.50. The van der Waals surface area contributed by atoms with Crippen molar-refractivity contribution < 1.29 is 19.1 Å². The highest BCUT2D eigenvalue weighted by Gasteiger charge is 2.06. The minimum absolute atomic E-state index is 0.0116. The van der Waals surface area contributed by atoms with Crippen LogP contribution in [0, 0.1) is 5.82 Å². The maximum atomic E-state index is 13.1. The normalized spacial score (nSPS) is 10.6. The molecule has 0 saturated heterocycles. The van der Waals surface area contributed by atoms with Crippen LogP contribution in [-0.2, 0) is 4.79 Å². The molecule has 0 saturated carbocycles. The fourth-order valence-corrected chi connectivity index (χ4v) is 1.21. The Hall–Kier alpha value is -1.97. The van der Waals surface area contributed by atoms with Gasteiger partial charge in [0.25, 0.3) is 0 Å². The van der Waals surface area contributed by atoms with Gasteiger partial charge in [0.2, 0.25) is 0 Å². The summed E-state index contributed by atoms with van der Waals surface area (Å²) in [5, 5.41) is 8.41. The summed E-state index contributed by atoms with van der Waals surface area (Å²) in [6.45, 7) is 1.28. The van der Waals surface area contributed by atoms with Crippen molar-refractivity contribution in [3.8, 4) is 0 Å². The fourth-order valence-electron chi connectivity index (χ4n) is 1.21. The second-order valence-corrected chi connectivity index (χ2v) is 3.30. The average Bonchev–Trinajstić information content (AvgIpc) is 2.19. The minimum atomic E-state index is -0.940. The molecular weight excluding hydrogens is 211 g/mol. The Morgan fingerprint density at radius 1 is 1.44 bits per heavy atom. The molecule has 0 aliphatic carbocycles. The van der Waals surface area contributed by atoms with E-state index in [1.54, 1.807) is 6.08 Å². The van der Waals surface area contributed by atoms with Crippen molar-refractivity contribution in [2.24, 2.45) is 0 Å². The molecule has 1 aromatic rings. The zero-order valence-electron chi connectivity index (χ0n) is 8.74. The van der Waals surface area contributed by atoms with Crippen LogP contribution in [0.5, 0.6) is 0 Å². The van der Waals surface area contributed by atoms with E-state index in [0.29, 0.717) is 5.56 Å². The Morgan fingerprint density at radius 2 is 2.12 bits per heavy atom. The molecule has 0 aliphatic rings. The molecule has 0 aromatic heterocycles. The van der Waals surface area contributed by atoms with Gasteiger partial charge in [0.05, 0.1) is 12.0 Å². The van der Waals surface area contributed by atoms with E-state index in [0.717, 1.165) is 0 Å². The zero-order chi connectivity index (χ0) is 12.1. The van der Waals surface area contributed by atoms with Crippen LogP contribution in [0.15, 0.2) is 24.3 Å². The first-order valence-electron chi connectivity index (χ1n) is 4.69. The van der Waals surface area contributed by atoms with Crippen molar-refractivity contribution >= 4 is 17.8 Å². The summed E-state index contributed by atoms with van der Waals surface area (Å²) in [6, 6.07) is 4.08. The molecule has 1 aromatic carbocycles. The Bertz CT molecular complexity index is 450. The number of carboxylic acids is 1. The summed E-state index contributed by atoms with van der Waals surface area (Å²) in [4.78, 5) is 21.3. The maximum absolute atomic E-state index is 13.1. The third-order valence-corrected chi connectivity index (χ3v) is 1.97. The molecule has 16 heavy (non-hydrogen) atoms. The van der Waals surface area contributed by atoms with Crippen molar-refractivity contribution in [1.82, 2.24) is 0 Å². The van der Waals surface area contributed by atoms with E-state index in [-0.39, 0.29) is 17.8 Å². The van der Waals surface area contributed by atoms with Gasteiger partial charge < -0.3 is 5.11 Å². The van der Waals surface area contributed by atoms with Crippen LogP contribution in [0.25, 0.3) is 6.08 Å². The molecule has 0 aliphatic heterocycles. The maximum Gasteiger partial charge on any atom is 0.307 e. The summed E-state index contributed by atoms with van der Waals surface area (Å²) >= 11 is 0. The summed E-state index contributed by atoms with van der Waals surface area (Å²) in [7, 11) is 0. The van der Waals surface area contributed by atoms with E-state index in [2.05, 4.69) is 0 Å². The summed E-state index contributed by atoms with van der Waals surface area (Å²) in [5.74, 6) is -1.86. The Kier molecular flexibility index (Phi) is 3.94.